The number of hydrogen-bond donors (Lipinski definition) is 2. The van der Waals surface area contributed by atoms with Crippen LogP contribution in [0.3, 0.4) is 0 Å². The minimum absolute atomic E-state index is 0.0846. The van der Waals surface area contributed by atoms with Crippen LogP contribution in [-0.2, 0) is 19.2 Å². The first-order chi connectivity index (χ1) is 22.6. The lowest BCUT2D eigenvalue weighted by molar-refractivity contribution is -0.140. The van der Waals surface area contributed by atoms with Gasteiger partial charge in [0, 0.05) is 42.3 Å². The summed E-state index contributed by atoms with van der Waals surface area (Å²) >= 11 is 3.69. The van der Waals surface area contributed by atoms with Crippen LogP contribution in [0.25, 0.3) is 22.3 Å². The molecule has 0 unspecified atom stereocenters. The van der Waals surface area contributed by atoms with E-state index < -0.39 is 18.1 Å². The van der Waals surface area contributed by atoms with Gasteiger partial charge < -0.3 is 24.9 Å². The number of furan rings is 1. The Morgan fingerprint density at radius 3 is 2.06 bits per heavy atom. The molecule has 47 heavy (non-hydrogen) atoms. The molecule has 0 saturated carbocycles. The lowest BCUT2D eigenvalue weighted by atomic mass is 10.0. The standard InChI is InChI=1S/C36H38BrN5O5/c1-22(43)41-19-7-11-28(41)34(44)38-25-15-13-24(14-16-25)33-31(37)27-21-26(17-18-30(27)47-33)39-35(45)29-12-8-20-42(29)36(46)32(40(2)3)23-9-5-4-6-10-23/h4-6,9-10,13-18,21,28-29,32H,7-8,11-12,19-20H2,1-3H3,(H,38,44)(H,39,45)/t28-,29-,32+/m0/s1. The zero-order chi connectivity index (χ0) is 33.2. The maximum absolute atomic E-state index is 13.7. The average molecular weight is 701 g/mol. The molecule has 0 spiro atoms. The third-order valence-corrected chi connectivity index (χ3v) is 9.76. The molecule has 6 rings (SSSR count). The molecule has 2 aliphatic heterocycles. The SMILES string of the molecule is CC(=O)N1CCC[C@H]1C(=O)Nc1ccc(-c2oc3ccc(NC(=O)[C@@H]4CCCN4C(=O)[C@@H](c4ccccc4)N(C)C)cc3c2Br)cc1. The predicted octanol–water partition coefficient (Wildman–Crippen LogP) is 6.04. The van der Waals surface area contributed by atoms with Crippen molar-refractivity contribution in [3.05, 3.63) is 82.8 Å². The highest BCUT2D eigenvalue weighted by molar-refractivity contribution is 9.10. The summed E-state index contributed by atoms with van der Waals surface area (Å²) in [5.74, 6) is 0.0239. The average Bonchev–Trinajstić information content (AvgIpc) is 3.82. The quantitative estimate of drug-likeness (QED) is 0.232. The van der Waals surface area contributed by atoms with Crippen LogP contribution in [-0.4, -0.2) is 77.6 Å². The summed E-state index contributed by atoms with van der Waals surface area (Å²) in [6.07, 6.45) is 2.82. The number of benzene rings is 3. The molecule has 0 radical (unpaired) electrons. The summed E-state index contributed by atoms with van der Waals surface area (Å²) in [5.41, 5.74) is 3.57. The summed E-state index contributed by atoms with van der Waals surface area (Å²) in [6, 6.07) is 20.9. The second kappa shape index (κ2) is 13.7. The number of rotatable bonds is 8. The number of carbonyl (C=O) groups excluding carboxylic acids is 4. The van der Waals surface area contributed by atoms with Crippen LogP contribution < -0.4 is 10.6 Å². The van der Waals surface area contributed by atoms with Gasteiger partial charge in [-0.1, -0.05) is 30.3 Å². The van der Waals surface area contributed by atoms with Crippen molar-refractivity contribution >= 4 is 61.9 Å². The van der Waals surface area contributed by atoms with Gasteiger partial charge in [0.25, 0.3) is 0 Å². The van der Waals surface area contributed by atoms with Crippen LogP contribution in [0.5, 0.6) is 0 Å². The number of anilines is 2. The first-order valence-corrected chi connectivity index (χ1v) is 16.6. The minimum Gasteiger partial charge on any atom is -0.455 e. The molecule has 2 N–H and O–H groups in total. The predicted molar refractivity (Wildman–Crippen MR) is 185 cm³/mol. The fourth-order valence-electron chi connectivity index (χ4n) is 6.66. The number of likely N-dealkylation sites (tertiary alicyclic amines) is 2. The Kier molecular flexibility index (Phi) is 9.47. The zero-order valence-corrected chi connectivity index (χ0v) is 28.2. The van der Waals surface area contributed by atoms with Gasteiger partial charge in [0.15, 0.2) is 0 Å². The Hall–Kier alpha value is -4.48. The van der Waals surface area contributed by atoms with E-state index in [-0.39, 0.29) is 23.6 Å². The van der Waals surface area contributed by atoms with Gasteiger partial charge in [-0.25, -0.2) is 0 Å². The third kappa shape index (κ3) is 6.68. The van der Waals surface area contributed by atoms with Crippen LogP contribution in [0, 0.1) is 0 Å². The first kappa shape index (κ1) is 32.5. The van der Waals surface area contributed by atoms with Crippen LogP contribution in [0.2, 0.25) is 0 Å². The number of fused-ring (bicyclic) bond motifs is 1. The molecule has 2 fully saturated rings. The van der Waals surface area contributed by atoms with Gasteiger partial charge in [0.1, 0.15) is 29.5 Å². The fraction of sp³-hybridized carbons (Fsp3) is 0.333. The van der Waals surface area contributed by atoms with Crippen molar-refractivity contribution in [2.75, 3.05) is 37.8 Å². The van der Waals surface area contributed by atoms with E-state index in [1.54, 1.807) is 28.0 Å². The van der Waals surface area contributed by atoms with E-state index in [1.807, 2.05) is 73.6 Å². The highest BCUT2D eigenvalue weighted by Gasteiger charge is 2.38. The van der Waals surface area contributed by atoms with Gasteiger partial charge in [0.2, 0.25) is 23.6 Å². The number of nitrogens with zero attached hydrogens (tertiary/aromatic N) is 3. The molecule has 10 nitrogen and oxygen atoms in total. The molecule has 11 heteroatoms. The van der Waals surface area contributed by atoms with Crippen LogP contribution in [0.15, 0.2) is 81.7 Å². The van der Waals surface area contributed by atoms with E-state index in [0.29, 0.717) is 48.6 Å². The molecule has 1 aromatic heterocycles. The van der Waals surface area contributed by atoms with Crippen LogP contribution in [0.1, 0.15) is 44.2 Å². The lowest BCUT2D eigenvalue weighted by Crippen LogP contribution is -2.47. The topological polar surface area (TPSA) is 115 Å². The number of halogens is 1. The van der Waals surface area contributed by atoms with E-state index in [9.17, 15) is 19.2 Å². The maximum Gasteiger partial charge on any atom is 0.247 e. The second-order valence-electron chi connectivity index (χ2n) is 12.3. The molecule has 0 bridgehead atoms. The summed E-state index contributed by atoms with van der Waals surface area (Å²) in [6.45, 7) is 2.62. The zero-order valence-electron chi connectivity index (χ0n) is 26.7. The molecule has 3 aromatic carbocycles. The summed E-state index contributed by atoms with van der Waals surface area (Å²) < 4.78 is 6.91. The summed E-state index contributed by atoms with van der Waals surface area (Å²) in [5, 5.41) is 6.74. The Morgan fingerprint density at radius 1 is 0.830 bits per heavy atom. The van der Waals surface area contributed by atoms with Crippen molar-refractivity contribution in [1.29, 1.82) is 0 Å². The Labute approximate surface area is 282 Å². The van der Waals surface area contributed by atoms with Crippen molar-refractivity contribution in [2.45, 2.75) is 50.7 Å². The van der Waals surface area contributed by atoms with Crippen molar-refractivity contribution in [1.82, 2.24) is 14.7 Å². The maximum atomic E-state index is 13.7. The lowest BCUT2D eigenvalue weighted by Gasteiger charge is -2.31. The van der Waals surface area contributed by atoms with E-state index in [4.69, 9.17) is 4.42 Å². The van der Waals surface area contributed by atoms with Gasteiger partial charge >= 0.3 is 0 Å². The molecule has 0 aliphatic carbocycles. The highest BCUT2D eigenvalue weighted by atomic mass is 79.9. The smallest absolute Gasteiger partial charge is 0.247 e. The van der Waals surface area contributed by atoms with Crippen molar-refractivity contribution in [3.8, 4) is 11.3 Å². The molecule has 4 aromatic rings. The molecular weight excluding hydrogens is 662 g/mol. The van der Waals surface area contributed by atoms with Crippen LogP contribution in [0.4, 0.5) is 11.4 Å². The monoisotopic (exact) mass is 699 g/mol. The van der Waals surface area contributed by atoms with Crippen molar-refractivity contribution in [2.24, 2.45) is 0 Å². The number of hydrogen-bond acceptors (Lipinski definition) is 6. The van der Waals surface area contributed by atoms with Crippen molar-refractivity contribution < 1.29 is 23.6 Å². The largest absolute Gasteiger partial charge is 0.455 e. The first-order valence-electron chi connectivity index (χ1n) is 15.9. The Morgan fingerprint density at radius 2 is 1.43 bits per heavy atom. The number of nitrogens with one attached hydrogen (secondary N) is 2. The Balaban J connectivity index is 1.15. The molecule has 4 amide bonds. The van der Waals surface area contributed by atoms with Gasteiger partial charge in [0.05, 0.1) is 4.47 Å². The molecule has 2 aliphatic rings. The van der Waals surface area contributed by atoms with Crippen molar-refractivity contribution in [3.63, 3.8) is 0 Å². The van der Waals surface area contributed by atoms with E-state index in [0.717, 1.165) is 33.8 Å². The molecular formula is C36H38BrN5O5. The molecule has 3 heterocycles. The second-order valence-corrected chi connectivity index (χ2v) is 13.1. The minimum atomic E-state index is -0.564. The van der Waals surface area contributed by atoms with E-state index in [1.165, 1.54) is 6.92 Å². The number of likely N-dealkylation sites (N-methyl/N-ethyl adjacent to an activating group) is 1. The fourth-order valence-corrected chi connectivity index (χ4v) is 7.28. The Bertz CT molecular complexity index is 1810. The molecule has 244 valence electrons. The van der Waals surface area contributed by atoms with E-state index in [2.05, 4.69) is 26.6 Å². The summed E-state index contributed by atoms with van der Waals surface area (Å²) in [4.78, 5) is 57.2. The van der Waals surface area contributed by atoms with Crippen LogP contribution >= 0.6 is 15.9 Å². The normalized spacial score (nSPS) is 18.5. The third-order valence-electron chi connectivity index (χ3n) is 8.97. The van der Waals surface area contributed by atoms with Gasteiger partial charge in [-0.15, -0.1) is 0 Å². The number of carbonyl (C=O) groups is 4. The highest BCUT2D eigenvalue weighted by Crippen LogP contribution is 2.39. The number of amides is 4. The van der Waals surface area contributed by atoms with Gasteiger partial charge in [-0.05, 0) is 104 Å². The molecule has 3 atom stereocenters. The summed E-state index contributed by atoms with van der Waals surface area (Å²) in [7, 11) is 3.75. The van der Waals surface area contributed by atoms with E-state index >= 15 is 0 Å². The molecule has 2 saturated heterocycles. The van der Waals surface area contributed by atoms with Gasteiger partial charge in [-0.3, -0.25) is 24.1 Å². The van der Waals surface area contributed by atoms with Gasteiger partial charge in [-0.2, -0.15) is 0 Å².